The van der Waals surface area contributed by atoms with E-state index in [0.29, 0.717) is 13.2 Å². The highest BCUT2D eigenvalue weighted by molar-refractivity contribution is 4.37. The molecule has 0 radical (unpaired) electrons. The minimum Gasteiger partial charge on any atom is -0.391 e. The summed E-state index contributed by atoms with van der Waals surface area (Å²) in [7, 11) is 0. The molecule has 0 aromatic heterocycles. The van der Waals surface area contributed by atoms with E-state index < -0.39 is 13.0 Å². The van der Waals surface area contributed by atoms with Crippen LogP contribution in [-0.2, 0) is 9.47 Å². The lowest BCUT2D eigenvalue weighted by atomic mass is 10.4. The molecular formula is C8H17FO3. The first-order valence-corrected chi connectivity index (χ1v) is 4.25. The van der Waals surface area contributed by atoms with Gasteiger partial charge in [0.25, 0.3) is 0 Å². The maximum absolute atomic E-state index is 12.2. The molecule has 12 heavy (non-hydrogen) atoms. The average molecular weight is 180 g/mol. The molecule has 0 amide bonds. The summed E-state index contributed by atoms with van der Waals surface area (Å²) in [4.78, 5) is 0. The fourth-order valence-corrected chi connectivity index (χ4v) is 0.636. The van der Waals surface area contributed by atoms with Crippen LogP contribution < -0.4 is 0 Å². The van der Waals surface area contributed by atoms with Crippen LogP contribution in [0.25, 0.3) is 0 Å². The molecule has 0 fully saturated rings. The lowest BCUT2D eigenvalue weighted by Crippen LogP contribution is -2.15. The van der Waals surface area contributed by atoms with Crippen molar-refractivity contribution < 1.29 is 19.0 Å². The minimum atomic E-state index is -1.57. The van der Waals surface area contributed by atoms with E-state index in [4.69, 9.17) is 9.84 Å². The predicted octanol–water partition coefficient (Wildman–Crippen LogP) is 1.11. The van der Waals surface area contributed by atoms with Crippen molar-refractivity contribution in [3.05, 3.63) is 0 Å². The van der Waals surface area contributed by atoms with Gasteiger partial charge in [-0.05, 0) is 6.42 Å². The Morgan fingerprint density at radius 2 is 2.08 bits per heavy atom. The topological polar surface area (TPSA) is 38.7 Å². The molecule has 0 aromatic rings. The summed E-state index contributed by atoms with van der Waals surface area (Å²) in [5, 5.41) is 8.23. The summed E-state index contributed by atoms with van der Waals surface area (Å²) in [6.07, 6.45) is 0.530. The molecule has 74 valence electrons. The maximum atomic E-state index is 12.2. The summed E-state index contributed by atoms with van der Waals surface area (Å²) in [5.74, 6) is 0. The number of aliphatic hydroxyl groups is 1. The van der Waals surface area contributed by atoms with Crippen LogP contribution in [0.5, 0.6) is 0 Å². The van der Waals surface area contributed by atoms with Crippen LogP contribution in [0.4, 0.5) is 4.39 Å². The molecule has 1 atom stereocenters. The zero-order chi connectivity index (χ0) is 9.23. The molecule has 4 heteroatoms. The van der Waals surface area contributed by atoms with Crippen LogP contribution >= 0.6 is 0 Å². The molecule has 0 aliphatic heterocycles. The quantitative estimate of drug-likeness (QED) is 0.569. The lowest BCUT2D eigenvalue weighted by Gasteiger charge is -2.06. The van der Waals surface area contributed by atoms with Gasteiger partial charge in [0.05, 0.1) is 19.8 Å². The molecule has 0 rings (SSSR count). The van der Waals surface area contributed by atoms with Crippen LogP contribution in [0, 0.1) is 0 Å². The number of halogens is 1. The molecule has 0 aromatic carbocycles. The van der Waals surface area contributed by atoms with Crippen LogP contribution in [0.2, 0.25) is 0 Å². The monoisotopic (exact) mass is 180 g/mol. The van der Waals surface area contributed by atoms with Gasteiger partial charge in [-0.2, -0.15) is 0 Å². The van der Waals surface area contributed by atoms with Gasteiger partial charge in [0.2, 0.25) is 6.36 Å². The zero-order valence-corrected chi connectivity index (χ0v) is 7.46. The number of unbranched alkanes of at least 4 members (excludes halogenated alkanes) is 1. The van der Waals surface area contributed by atoms with Crippen molar-refractivity contribution >= 4 is 0 Å². The van der Waals surface area contributed by atoms with Crippen molar-refractivity contribution in [2.24, 2.45) is 0 Å². The number of alkyl halides is 1. The Hall–Kier alpha value is -0.190. The van der Waals surface area contributed by atoms with Gasteiger partial charge in [-0.25, -0.2) is 4.39 Å². The van der Waals surface area contributed by atoms with E-state index in [-0.39, 0.29) is 6.61 Å². The molecule has 0 bridgehead atoms. The third-order valence-electron chi connectivity index (χ3n) is 1.31. The Morgan fingerprint density at radius 1 is 1.33 bits per heavy atom. The molecule has 0 heterocycles. The maximum Gasteiger partial charge on any atom is 0.222 e. The zero-order valence-electron chi connectivity index (χ0n) is 7.46. The Balaban J connectivity index is 2.90. The van der Waals surface area contributed by atoms with E-state index >= 15 is 0 Å². The third kappa shape index (κ3) is 7.91. The first-order valence-electron chi connectivity index (χ1n) is 4.25. The largest absolute Gasteiger partial charge is 0.391 e. The fourth-order valence-electron chi connectivity index (χ4n) is 0.636. The Bertz CT molecular complexity index is 90.4. The number of hydrogen-bond acceptors (Lipinski definition) is 3. The summed E-state index contributed by atoms with van der Waals surface area (Å²) >= 11 is 0. The Kier molecular flexibility index (Phi) is 8.76. The van der Waals surface area contributed by atoms with Gasteiger partial charge in [0, 0.05) is 6.61 Å². The second-order valence-corrected chi connectivity index (χ2v) is 2.43. The van der Waals surface area contributed by atoms with Crippen LogP contribution in [0.3, 0.4) is 0 Å². The summed E-state index contributed by atoms with van der Waals surface area (Å²) in [6, 6.07) is 0. The summed E-state index contributed by atoms with van der Waals surface area (Å²) in [5.41, 5.74) is 0. The van der Waals surface area contributed by atoms with Crippen molar-refractivity contribution in [2.75, 3.05) is 26.4 Å². The molecule has 1 N–H and O–H groups in total. The molecule has 1 unspecified atom stereocenters. The number of aliphatic hydroxyl groups excluding tert-OH is 1. The number of ether oxygens (including phenoxy) is 2. The summed E-state index contributed by atoms with van der Waals surface area (Å²) in [6.45, 7) is 2.76. The van der Waals surface area contributed by atoms with Crippen molar-refractivity contribution in [2.45, 2.75) is 26.1 Å². The van der Waals surface area contributed by atoms with Crippen molar-refractivity contribution in [3.63, 3.8) is 0 Å². The van der Waals surface area contributed by atoms with E-state index in [9.17, 15) is 4.39 Å². The number of hydrogen-bond donors (Lipinski definition) is 1. The SMILES string of the molecule is CCCCOCCOC(F)CO. The van der Waals surface area contributed by atoms with E-state index in [1.807, 2.05) is 0 Å². The molecule has 0 aliphatic carbocycles. The van der Waals surface area contributed by atoms with Crippen LogP contribution in [0.1, 0.15) is 19.8 Å². The molecule has 0 spiro atoms. The van der Waals surface area contributed by atoms with Gasteiger partial charge < -0.3 is 14.6 Å². The first-order chi connectivity index (χ1) is 5.81. The van der Waals surface area contributed by atoms with Gasteiger partial charge in [-0.15, -0.1) is 0 Å². The first kappa shape index (κ1) is 11.8. The van der Waals surface area contributed by atoms with Gasteiger partial charge >= 0.3 is 0 Å². The van der Waals surface area contributed by atoms with Crippen molar-refractivity contribution in [1.82, 2.24) is 0 Å². The Morgan fingerprint density at radius 3 is 2.67 bits per heavy atom. The van der Waals surface area contributed by atoms with E-state index in [2.05, 4.69) is 11.7 Å². The average Bonchev–Trinajstić information content (AvgIpc) is 2.10. The van der Waals surface area contributed by atoms with Crippen LogP contribution in [0.15, 0.2) is 0 Å². The van der Waals surface area contributed by atoms with Gasteiger partial charge in [0.1, 0.15) is 0 Å². The van der Waals surface area contributed by atoms with Gasteiger partial charge in [0.15, 0.2) is 0 Å². The highest BCUT2D eigenvalue weighted by atomic mass is 19.1. The van der Waals surface area contributed by atoms with Gasteiger partial charge in [-0.1, -0.05) is 13.3 Å². The molecular weight excluding hydrogens is 163 g/mol. The standard InChI is InChI=1S/C8H17FO3/c1-2-3-4-11-5-6-12-8(9)7-10/h8,10H,2-7H2,1H3. The van der Waals surface area contributed by atoms with Crippen molar-refractivity contribution in [3.8, 4) is 0 Å². The fraction of sp³-hybridized carbons (Fsp3) is 1.00. The molecule has 0 aliphatic rings. The molecule has 3 nitrogen and oxygen atoms in total. The lowest BCUT2D eigenvalue weighted by molar-refractivity contribution is -0.0855. The van der Waals surface area contributed by atoms with Gasteiger partial charge in [-0.3, -0.25) is 0 Å². The van der Waals surface area contributed by atoms with E-state index in [0.717, 1.165) is 12.8 Å². The third-order valence-corrected chi connectivity index (χ3v) is 1.31. The summed E-state index contributed by atoms with van der Waals surface area (Å²) < 4.78 is 21.8. The highest BCUT2D eigenvalue weighted by Crippen LogP contribution is 1.92. The molecule has 0 saturated heterocycles. The van der Waals surface area contributed by atoms with E-state index in [1.54, 1.807) is 0 Å². The smallest absolute Gasteiger partial charge is 0.222 e. The second kappa shape index (κ2) is 8.90. The minimum absolute atomic E-state index is 0.200. The van der Waals surface area contributed by atoms with Crippen LogP contribution in [-0.4, -0.2) is 37.9 Å². The normalized spacial score (nSPS) is 13.2. The molecule has 0 saturated carbocycles. The predicted molar refractivity (Wildman–Crippen MR) is 43.7 cm³/mol. The Labute approximate surface area is 72.5 Å². The van der Waals surface area contributed by atoms with E-state index in [1.165, 1.54) is 0 Å². The van der Waals surface area contributed by atoms with Crippen molar-refractivity contribution in [1.29, 1.82) is 0 Å². The highest BCUT2D eigenvalue weighted by Gasteiger charge is 2.01. The number of rotatable bonds is 8. The second-order valence-electron chi connectivity index (χ2n) is 2.43.